The number of hydrogen-bond acceptors (Lipinski definition) is 5. The first-order valence-electron chi connectivity index (χ1n) is 7.74. The van der Waals surface area contributed by atoms with Crippen molar-refractivity contribution >= 4 is 23.5 Å². The maximum Gasteiger partial charge on any atom is 0.229 e. The molecule has 0 aromatic carbocycles. The van der Waals surface area contributed by atoms with Crippen molar-refractivity contribution in [2.45, 2.75) is 18.8 Å². The van der Waals surface area contributed by atoms with Crippen molar-refractivity contribution in [1.82, 2.24) is 14.9 Å². The van der Waals surface area contributed by atoms with Crippen LogP contribution in [0.25, 0.3) is 0 Å². The highest BCUT2D eigenvalue weighted by Gasteiger charge is 2.37. The van der Waals surface area contributed by atoms with E-state index in [4.69, 9.17) is 0 Å². The Labute approximate surface area is 129 Å². The summed E-state index contributed by atoms with van der Waals surface area (Å²) in [5, 5.41) is 0. The first-order valence-corrected chi connectivity index (χ1v) is 8.90. The molecule has 3 heterocycles. The summed E-state index contributed by atoms with van der Waals surface area (Å²) >= 11 is 1.94. The zero-order valence-corrected chi connectivity index (χ0v) is 12.9. The molecular weight excluding hydrogens is 284 g/mol. The van der Waals surface area contributed by atoms with E-state index >= 15 is 0 Å². The van der Waals surface area contributed by atoms with E-state index in [0.29, 0.717) is 11.8 Å². The van der Waals surface area contributed by atoms with Crippen LogP contribution in [0.5, 0.6) is 0 Å². The maximum atomic E-state index is 12.4. The Balaban J connectivity index is 1.36. The van der Waals surface area contributed by atoms with E-state index in [9.17, 15) is 4.79 Å². The van der Waals surface area contributed by atoms with Gasteiger partial charge in [-0.25, -0.2) is 9.97 Å². The fraction of sp³-hybridized carbons (Fsp3) is 0.667. The topological polar surface area (TPSA) is 49.3 Å². The van der Waals surface area contributed by atoms with E-state index in [1.807, 2.05) is 16.7 Å². The summed E-state index contributed by atoms with van der Waals surface area (Å²) in [6, 6.07) is 2.11. The number of nitrogens with zero attached hydrogens (tertiary/aromatic N) is 4. The average Bonchev–Trinajstić information content (AvgIpc) is 3.31. The predicted molar refractivity (Wildman–Crippen MR) is 83.6 cm³/mol. The number of carbonyl (C=O) groups is 1. The van der Waals surface area contributed by atoms with Crippen LogP contribution in [0.3, 0.4) is 0 Å². The zero-order chi connectivity index (χ0) is 14.2. The van der Waals surface area contributed by atoms with Crippen LogP contribution in [0.4, 0.5) is 5.82 Å². The molecule has 0 spiro atoms. The predicted octanol–water partition coefficient (Wildman–Crippen LogP) is 1.37. The third-order valence-corrected chi connectivity index (χ3v) is 5.49. The minimum Gasteiger partial charge on any atom is -0.355 e. The van der Waals surface area contributed by atoms with Crippen LogP contribution < -0.4 is 4.90 Å². The molecule has 1 amide bonds. The van der Waals surface area contributed by atoms with Crippen molar-refractivity contribution in [2.75, 3.05) is 42.6 Å². The summed E-state index contributed by atoms with van der Waals surface area (Å²) in [5.74, 6) is 4.30. The van der Waals surface area contributed by atoms with E-state index in [1.165, 1.54) is 18.5 Å². The van der Waals surface area contributed by atoms with Crippen molar-refractivity contribution in [2.24, 2.45) is 5.92 Å². The van der Waals surface area contributed by atoms with Crippen molar-refractivity contribution < 1.29 is 4.79 Å². The first kappa shape index (κ1) is 13.4. The molecule has 1 aromatic rings. The van der Waals surface area contributed by atoms with Gasteiger partial charge in [-0.2, -0.15) is 11.8 Å². The van der Waals surface area contributed by atoms with Crippen LogP contribution in [-0.4, -0.2) is 58.5 Å². The maximum absolute atomic E-state index is 12.4. The van der Waals surface area contributed by atoms with Crippen molar-refractivity contribution in [3.05, 3.63) is 18.1 Å². The lowest BCUT2D eigenvalue weighted by molar-refractivity contribution is -0.135. The van der Waals surface area contributed by atoms with Crippen LogP contribution >= 0.6 is 11.8 Å². The molecule has 0 N–H and O–H groups in total. The van der Waals surface area contributed by atoms with Crippen molar-refractivity contribution in [3.63, 3.8) is 0 Å². The lowest BCUT2D eigenvalue weighted by atomic mass is 9.98. The van der Waals surface area contributed by atoms with Crippen LogP contribution in [0.15, 0.2) is 12.4 Å². The molecule has 0 unspecified atom stereocenters. The summed E-state index contributed by atoms with van der Waals surface area (Å²) < 4.78 is 0. The molecular formula is C15H20N4OS. The largest absolute Gasteiger partial charge is 0.355 e. The molecule has 1 aromatic heterocycles. The van der Waals surface area contributed by atoms with Gasteiger partial charge in [0.05, 0.1) is 5.92 Å². The van der Waals surface area contributed by atoms with Gasteiger partial charge < -0.3 is 9.80 Å². The molecule has 2 aliphatic heterocycles. The molecule has 3 fully saturated rings. The molecule has 21 heavy (non-hydrogen) atoms. The zero-order valence-electron chi connectivity index (χ0n) is 12.1. The summed E-state index contributed by atoms with van der Waals surface area (Å²) in [6.07, 6.45) is 4.18. The summed E-state index contributed by atoms with van der Waals surface area (Å²) in [5.41, 5.74) is 1.17. The van der Waals surface area contributed by atoms with Crippen LogP contribution in [0.1, 0.15) is 24.5 Å². The molecule has 0 atom stereocenters. The first-order chi connectivity index (χ1) is 10.3. The van der Waals surface area contributed by atoms with Crippen LogP contribution in [0, 0.1) is 5.92 Å². The molecule has 4 rings (SSSR count). The molecule has 5 nitrogen and oxygen atoms in total. The second-order valence-electron chi connectivity index (χ2n) is 6.11. The van der Waals surface area contributed by atoms with Gasteiger partial charge in [0, 0.05) is 55.4 Å². The molecule has 1 saturated carbocycles. The van der Waals surface area contributed by atoms with Gasteiger partial charge in [0.25, 0.3) is 0 Å². The molecule has 0 bridgehead atoms. The highest BCUT2D eigenvalue weighted by Crippen LogP contribution is 2.39. The van der Waals surface area contributed by atoms with Gasteiger partial charge in [-0.05, 0) is 12.8 Å². The van der Waals surface area contributed by atoms with Crippen molar-refractivity contribution in [3.8, 4) is 0 Å². The van der Waals surface area contributed by atoms with E-state index < -0.39 is 0 Å². The quantitative estimate of drug-likeness (QED) is 0.844. The fourth-order valence-electron chi connectivity index (χ4n) is 3.00. The number of anilines is 1. The minimum absolute atomic E-state index is 0.160. The number of hydrogen-bond donors (Lipinski definition) is 0. The highest BCUT2D eigenvalue weighted by molar-refractivity contribution is 7.99. The van der Waals surface area contributed by atoms with Gasteiger partial charge in [-0.3, -0.25) is 4.79 Å². The lowest BCUT2D eigenvalue weighted by Gasteiger charge is -2.42. The third-order valence-electron chi connectivity index (χ3n) is 4.55. The Morgan fingerprint density at radius 3 is 2.67 bits per heavy atom. The van der Waals surface area contributed by atoms with Crippen LogP contribution in [-0.2, 0) is 4.79 Å². The normalized spacial score (nSPS) is 23.0. The number of rotatable bonds is 3. The number of amides is 1. The molecule has 1 aliphatic carbocycles. The Morgan fingerprint density at radius 1 is 1.19 bits per heavy atom. The number of thioether (sulfide) groups is 1. The Kier molecular flexibility index (Phi) is 3.49. The molecule has 0 radical (unpaired) electrons. The standard InChI is InChI=1S/C15H20N4OS/c20-15(18-3-5-21-6-4-18)12-8-19(9-12)14-7-13(11-1-2-11)16-10-17-14/h7,10-12H,1-6,8-9H2. The molecule has 112 valence electrons. The average molecular weight is 304 g/mol. The van der Waals surface area contributed by atoms with Crippen LogP contribution in [0.2, 0.25) is 0 Å². The second kappa shape index (κ2) is 5.48. The van der Waals surface area contributed by atoms with E-state index in [-0.39, 0.29) is 5.92 Å². The Hall–Kier alpha value is -1.30. The van der Waals surface area contributed by atoms with Gasteiger partial charge >= 0.3 is 0 Å². The van der Waals surface area contributed by atoms with E-state index in [0.717, 1.165) is 43.5 Å². The van der Waals surface area contributed by atoms with Gasteiger partial charge in [0.1, 0.15) is 12.1 Å². The Bertz CT molecular complexity index is 536. The smallest absolute Gasteiger partial charge is 0.229 e. The highest BCUT2D eigenvalue weighted by atomic mass is 32.2. The van der Waals surface area contributed by atoms with Gasteiger partial charge in [0.15, 0.2) is 0 Å². The summed E-state index contributed by atoms with van der Waals surface area (Å²) in [6.45, 7) is 3.45. The van der Waals surface area contributed by atoms with Gasteiger partial charge in [-0.15, -0.1) is 0 Å². The summed E-state index contributed by atoms with van der Waals surface area (Å²) in [4.78, 5) is 25.4. The SMILES string of the molecule is O=C(C1CN(c2cc(C3CC3)ncn2)C1)N1CCSCC1. The monoisotopic (exact) mass is 304 g/mol. The third kappa shape index (κ3) is 2.73. The van der Waals surface area contributed by atoms with Gasteiger partial charge in [0.2, 0.25) is 5.91 Å². The van der Waals surface area contributed by atoms with E-state index in [1.54, 1.807) is 6.33 Å². The number of aromatic nitrogens is 2. The van der Waals surface area contributed by atoms with Gasteiger partial charge in [-0.1, -0.05) is 0 Å². The minimum atomic E-state index is 0.160. The molecule has 3 aliphatic rings. The summed E-state index contributed by atoms with van der Waals surface area (Å²) in [7, 11) is 0. The van der Waals surface area contributed by atoms with E-state index in [2.05, 4.69) is 20.9 Å². The van der Waals surface area contributed by atoms with Crippen molar-refractivity contribution in [1.29, 1.82) is 0 Å². The Morgan fingerprint density at radius 2 is 1.95 bits per heavy atom. The lowest BCUT2D eigenvalue weighted by Crippen LogP contribution is -2.56. The molecule has 2 saturated heterocycles. The number of carbonyl (C=O) groups excluding carboxylic acids is 1. The second-order valence-corrected chi connectivity index (χ2v) is 7.34. The molecule has 6 heteroatoms. The fourth-order valence-corrected chi connectivity index (χ4v) is 3.90.